The Labute approximate surface area is 175 Å². The predicted molar refractivity (Wildman–Crippen MR) is 114 cm³/mol. The summed E-state index contributed by atoms with van der Waals surface area (Å²) in [4.78, 5) is 24.8. The quantitative estimate of drug-likeness (QED) is 0.461. The van der Waals surface area contributed by atoms with Crippen molar-refractivity contribution in [1.82, 2.24) is 0 Å². The summed E-state index contributed by atoms with van der Waals surface area (Å²) >= 11 is 0. The van der Waals surface area contributed by atoms with Gasteiger partial charge in [-0.25, -0.2) is 4.79 Å². The van der Waals surface area contributed by atoms with Crippen molar-refractivity contribution in [3.63, 3.8) is 0 Å². The molecule has 30 heavy (non-hydrogen) atoms. The molecule has 1 atom stereocenters. The molecule has 0 bridgehead atoms. The number of carbonyl (C=O) groups is 1. The van der Waals surface area contributed by atoms with Gasteiger partial charge in [-0.1, -0.05) is 39.0 Å². The SMILES string of the molecule is CCOC(=O)C(CC)Oc1ccc2c(=O)c(Oc3ccccc3C(C)C)coc2c1. The van der Waals surface area contributed by atoms with E-state index in [2.05, 4.69) is 13.8 Å². The third kappa shape index (κ3) is 4.64. The van der Waals surface area contributed by atoms with Crippen LogP contribution in [0.5, 0.6) is 17.2 Å². The molecule has 0 aliphatic heterocycles. The number of carbonyl (C=O) groups excluding carboxylic acids is 1. The maximum atomic E-state index is 12.9. The van der Waals surface area contributed by atoms with Gasteiger partial charge in [-0.3, -0.25) is 4.79 Å². The summed E-state index contributed by atoms with van der Waals surface area (Å²) in [7, 11) is 0. The summed E-state index contributed by atoms with van der Waals surface area (Å²) in [6.45, 7) is 7.99. The average Bonchev–Trinajstić information content (AvgIpc) is 2.74. The average molecular weight is 410 g/mol. The first-order valence-electron chi connectivity index (χ1n) is 10.1. The molecule has 6 heteroatoms. The molecule has 0 spiro atoms. The Kier molecular flexibility index (Phi) is 6.77. The van der Waals surface area contributed by atoms with Gasteiger partial charge in [0, 0.05) is 6.07 Å². The fourth-order valence-electron chi connectivity index (χ4n) is 3.10. The van der Waals surface area contributed by atoms with Gasteiger partial charge < -0.3 is 18.6 Å². The van der Waals surface area contributed by atoms with E-state index >= 15 is 0 Å². The topological polar surface area (TPSA) is 75.0 Å². The highest BCUT2D eigenvalue weighted by Gasteiger charge is 2.20. The molecule has 6 nitrogen and oxygen atoms in total. The maximum absolute atomic E-state index is 12.9. The monoisotopic (exact) mass is 410 g/mol. The number of esters is 1. The fourth-order valence-corrected chi connectivity index (χ4v) is 3.10. The third-order valence-corrected chi connectivity index (χ3v) is 4.67. The number of rotatable bonds is 8. The zero-order chi connectivity index (χ0) is 21.7. The standard InChI is InChI=1S/C24H26O6/c1-5-19(24(26)27-6-2)29-16-11-12-18-21(13-16)28-14-22(23(18)25)30-20-10-8-7-9-17(20)15(3)4/h7-15,19H,5-6H2,1-4H3. The van der Waals surface area contributed by atoms with Gasteiger partial charge in [-0.2, -0.15) is 0 Å². The lowest BCUT2D eigenvalue weighted by Gasteiger charge is -2.16. The zero-order valence-electron chi connectivity index (χ0n) is 17.6. The Morgan fingerprint density at radius 2 is 1.83 bits per heavy atom. The molecule has 1 unspecified atom stereocenters. The summed E-state index contributed by atoms with van der Waals surface area (Å²) in [6.07, 6.45) is 1.04. The smallest absolute Gasteiger partial charge is 0.347 e. The van der Waals surface area contributed by atoms with Crippen LogP contribution < -0.4 is 14.9 Å². The lowest BCUT2D eigenvalue weighted by molar-refractivity contribution is -0.151. The van der Waals surface area contributed by atoms with Gasteiger partial charge in [0.1, 0.15) is 23.3 Å². The minimum atomic E-state index is -0.718. The molecule has 0 saturated heterocycles. The van der Waals surface area contributed by atoms with Crippen molar-refractivity contribution in [3.8, 4) is 17.2 Å². The Hall–Kier alpha value is -3.28. The minimum absolute atomic E-state index is 0.113. The van der Waals surface area contributed by atoms with Crippen LogP contribution in [-0.4, -0.2) is 18.7 Å². The number of para-hydroxylation sites is 1. The first-order valence-corrected chi connectivity index (χ1v) is 10.1. The van der Waals surface area contributed by atoms with Crippen molar-refractivity contribution in [2.24, 2.45) is 0 Å². The molecule has 0 N–H and O–H groups in total. The van der Waals surface area contributed by atoms with Gasteiger partial charge >= 0.3 is 5.97 Å². The molecule has 0 aliphatic rings. The van der Waals surface area contributed by atoms with E-state index in [1.807, 2.05) is 31.2 Å². The van der Waals surface area contributed by atoms with Crippen molar-refractivity contribution in [2.75, 3.05) is 6.61 Å². The molecule has 2 aromatic carbocycles. The van der Waals surface area contributed by atoms with E-state index in [1.54, 1.807) is 25.1 Å². The lowest BCUT2D eigenvalue weighted by Crippen LogP contribution is -2.28. The molecule has 0 radical (unpaired) electrons. The van der Waals surface area contributed by atoms with Crippen molar-refractivity contribution in [3.05, 3.63) is 64.5 Å². The van der Waals surface area contributed by atoms with E-state index in [9.17, 15) is 9.59 Å². The number of benzene rings is 2. The normalized spacial score (nSPS) is 12.0. The van der Waals surface area contributed by atoms with Crippen LogP contribution in [0.1, 0.15) is 45.6 Å². The summed E-state index contributed by atoms with van der Waals surface area (Å²) < 4.78 is 22.3. The molecule has 1 aromatic heterocycles. The fraction of sp³-hybridized carbons (Fsp3) is 0.333. The summed E-state index contributed by atoms with van der Waals surface area (Å²) in [6, 6.07) is 12.4. The molecular formula is C24H26O6. The molecule has 1 heterocycles. The Morgan fingerprint density at radius 3 is 2.53 bits per heavy atom. The molecule has 158 valence electrons. The van der Waals surface area contributed by atoms with Gasteiger partial charge in [0.2, 0.25) is 11.2 Å². The Balaban J connectivity index is 1.88. The number of fused-ring (bicyclic) bond motifs is 1. The van der Waals surface area contributed by atoms with Crippen LogP contribution in [0.3, 0.4) is 0 Å². The van der Waals surface area contributed by atoms with Crippen LogP contribution in [0.4, 0.5) is 0 Å². The second-order valence-electron chi connectivity index (χ2n) is 7.15. The van der Waals surface area contributed by atoms with Gasteiger partial charge in [-0.05, 0) is 43.0 Å². The van der Waals surface area contributed by atoms with Gasteiger partial charge in [0.05, 0.1) is 12.0 Å². The molecule has 0 saturated carbocycles. The molecule has 3 aromatic rings. The van der Waals surface area contributed by atoms with Crippen LogP contribution >= 0.6 is 0 Å². The van der Waals surface area contributed by atoms with E-state index in [-0.39, 0.29) is 23.7 Å². The van der Waals surface area contributed by atoms with E-state index < -0.39 is 12.1 Å². The van der Waals surface area contributed by atoms with E-state index in [0.717, 1.165) is 5.56 Å². The highest BCUT2D eigenvalue weighted by molar-refractivity contribution is 5.79. The number of hydrogen-bond donors (Lipinski definition) is 0. The van der Waals surface area contributed by atoms with Crippen molar-refractivity contribution < 1.29 is 23.4 Å². The third-order valence-electron chi connectivity index (χ3n) is 4.67. The molecule has 0 fully saturated rings. The highest BCUT2D eigenvalue weighted by atomic mass is 16.6. The predicted octanol–water partition coefficient (Wildman–Crippen LogP) is 5.43. The van der Waals surface area contributed by atoms with Gasteiger partial charge in [0.15, 0.2) is 6.10 Å². The van der Waals surface area contributed by atoms with E-state index in [4.69, 9.17) is 18.6 Å². The second-order valence-corrected chi connectivity index (χ2v) is 7.15. The van der Waals surface area contributed by atoms with Crippen LogP contribution in [0.2, 0.25) is 0 Å². The Bertz CT molecular complexity index is 1080. The number of ether oxygens (including phenoxy) is 3. The van der Waals surface area contributed by atoms with Gasteiger partial charge in [-0.15, -0.1) is 0 Å². The summed E-state index contributed by atoms with van der Waals surface area (Å²) in [5, 5.41) is 0.367. The molecule has 3 rings (SSSR count). The molecule has 0 aliphatic carbocycles. The van der Waals surface area contributed by atoms with Crippen molar-refractivity contribution in [1.29, 1.82) is 0 Å². The first-order chi connectivity index (χ1) is 14.4. The van der Waals surface area contributed by atoms with Crippen molar-refractivity contribution >= 4 is 16.9 Å². The summed E-state index contributed by atoms with van der Waals surface area (Å²) in [5.41, 5.74) is 1.07. The molecular weight excluding hydrogens is 384 g/mol. The molecule has 0 amide bonds. The van der Waals surface area contributed by atoms with Crippen molar-refractivity contribution in [2.45, 2.75) is 46.1 Å². The van der Waals surface area contributed by atoms with E-state index in [1.165, 1.54) is 6.26 Å². The second kappa shape index (κ2) is 9.48. The maximum Gasteiger partial charge on any atom is 0.347 e. The van der Waals surface area contributed by atoms with Crippen LogP contribution in [0, 0.1) is 0 Å². The van der Waals surface area contributed by atoms with E-state index in [0.29, 0.717) is 28.9 Å². The van der Waals surface area contributed by atoms with Crippen LogP contribution in [-0.2, 0) is 9.53 Å². The number of hydrogen-bond acceptors (Lipinski definition) is 6. The minimum Gasteiger partial charge on any atom is -0.479 e. The van der Waals surface area contributed by atoms with Crippen LogP contribution in [0.25, 0.3) is 11.0 Å². The highest BCUT2D eigenvalue weighted by Crippen LogP contribution is 2.30. The van der Waals surface area contributed by atoms with Crippen LogP contribution in [0.15, 0.2) is 57.9 Å². The van der Waals surface area contributed by atoms with Gasteiger partial charge in [0.25, 0.3) is 0 Å². The lowest BCUT2D eigenvalue weighted by atomic mass is 10.0. The Morgan fingerprint density at radius 1 is 1.07 bits per heavy atom. The zero-order valence-corrected chi connectivity index (χ0v) is 17.6. The largest absolute Gasteiger partial charge is 0.479 e. The summed E-state index contributed by atoms with van der Waals surface area (Å²) in [5.74, 6) is 0.986. The first kappa shape index (κ1) is 21.4.